The molecule has 4 atom stereocenters. The lowest BCUT2D eigenvalue weighted by atomic mass is 9.79. The Morgan fingerprint density at radius 3 is 2.70 bits per heavy atom. The first-order valence-electron chi connectivity index (χ1n) is 10.1. The molecular weight excluding hydrogens is 422 g/mol. The number of hydrogen-bond acceptors (Lipinski definition) is 7. The van der Waals surface area contributed by atoms with Gasteiger partial charge in [-0.15, -0.1) is 0 Å². The van der Waals surface area contributed by atoms with Gasteiger partial charge in [0.25, 0.3) is 11.8 Å². The molecule has 1 aromatic rings. The van der Waals surface area contributed by atoms with Crippen LogP contribution in [0.25, 0.3) is 0 Å². The van der Waals surface area contributed by atoms with E-state index >= 15 is 0 Å². The first-order valence-corrected chi connectivity index (χ1v) is 12.3. The Morgan fingerprint density at radius 2 is 1.97 bits per heavy atom. The minimum Gasteiger partial charge on any atom is -0.454 e. The first kappa shape index (κ1) is 19.9. The summed E-state index contributed by atoms with van der Waals surface area (Å²) in [7, 11) is 2.90. The quantitative estimate of drug-likeness (QED) is 0.654. The van der Waals surface area contributed by atoms with Gasteiger partial charge in [-0.05, 0) is 38.0 Å². The third-order valence-corrected chi connectivity index (χ3v) is 10.3. The number of benzene rings is 1. The molecule has 0 aliphatic carbocycles. The molecule has 0 aromatic heterocycles. The van der Waals surface area contributed by atoms with Crippen molar-refractivity contribution in [3.8, 4) is 17.6 Å². The van der Waals surface area contributed by atoms with Crippen LogP contribution in [0.3, 0.4) is 0 Å². The second-order valence-corrected chi connectivity index (χ2v) is 11.4. The van der Waals surface area contributed by atoms with Crippen LogP contribution >= 0.6 is 21.6 Å². The van der Waals surface area contributed by atoms with E-state index in [9.17, 15) is 14.9 Å². The van der Waals surface area contributed by atoms with E-state index in [1.165, 1.54) is 21.6 Å². The maximum atomic E-state index is 13.9. The maximum absolute atomic E-state index is 13.9. The zero-order valence-electron chi connectivity index (χ0n) is 17.1. The van der Waals surface area contributed by atoms with Gasteiger partial charge in [-0.3, -0.25) is 9.59 Å². The molecule has 5 aliphatic heterocycles. The Morgan fingerprint density at radius 1 is 1.20 bits per heavy atom. The third kappa shape index (κ3) is 2.35. The topological polar surface area (TPSA) is 82.9 Å². The van der Waals surface area contributed by atoms with Gasteiger partial charge < -0.3 is 19.3 Å². The second kappa shape index (κ2) is 6.47. The number of carbonyl (C=O) groups is 2. The highest BCUT2D eigenvalue weighted by Gasteiger charge is 2.75. The molecule has 5 heterocycles. The molecule has 1 aromatic carbocycles. The summed E-state index contributed by atoms with van der Waals surface area (Å²) in [6.45, 7) is 6.47. The van der Waals surface area contributed by atoms with Crippen LogP contribution < -0.4 is 9.47 Å². The van der Waals surface area contributed by atoms with Gasteiger partial charge in [-0.1, -0.05) is 41.0 Å². The van der Waals surface area contributed by atoms with E-state index in [0.29, 0.717) is 24.5 Å². The molecule has 0 N–H and O–H groups in total. The van der Waals surface area contributed by atoms with Crippen LogP contribution in [-0.2, 0) is 9.59 Å². The summed E-state index contributed by atoms with van der Waals surface area (Å²) in [5, 5.41) is 10.2. The minimum absolute atomic E-state index is 0.0495. The number of unbranched alkanes of at least 4 members (excludes halogenated alkanes) is 1. The monoisotopic (exact) mass is 445 g/mol. The molecule has 1 spiro atoms. The van der Waals surface area contributed by atoms with Gasteiger partial charge in [0.05, 0.1) is 17.5 Å². The van der Waals surface area contributed by atoms with E-state index in [2.05, 4.69) is 13.0 Å². The fourth-order valence-electron chi connectivity index (χ4n) is 5.04. The lowest BCUT2D eigenvalue weighted by molar-refractivity contribution is -0.166. The van der Waals surface area contributed by atoms with Crippen LogP contribution in [0.5, 0.6) is 11.5 Å². The molecule has 158 valence electrons. The van der Waals surface area contributed by atoms with E-state index in [0.717, 1.165) is 18.4 Å². The normalized spacial score (nSPS) is 36.3. The number of rotatable bonds is 4. The molecular formula is C21H23N3O4S2. The molecule has 2 bridgehead atoms. The average Bonchev–Trinajstić information content (AvgIpc) is 3.31. The van der Waals surface area contributed by atoms with E-state index in [1.54, 1.807) is 9.80 Å². The third-order valence-electron chi connectivity index (χ3n) is 6.61. The van der Waals surface area contributed by atoms with Gasteiger partial charge >= 0.3 is 0 Å². The highest BCUT2D eigenvalue weighted by Crippen LogP contribution is 2.69. The van der Waals surface area contributed by atoms with Gasteiger partial charge in [0.15, 0.2) is 21.2 Å². The predicted octanol–water partition coefficient (Wildman–Crippen LogP) is 3.67. The minimum atomic E-state index is -1.06. The molecule has 4 fully saturated rings. The highest BCUT2D eigenvalue weighted by atomic mass is 33.1. The smallest absolute Gasteiger partial charge is 0.261 e. The largest absolute Gasteiger partial charge is 0.454 e. The molecule has 5 aliphatic rings. The lowest BCUT2D eigenvalue weighted by Gasteiger charge is -2.58. The first-order chi connectivity index (χ1) is 14.3. The highest BCUT2D eigenvalue weighted by molar-refractivity contribution is 8.78. The molecule has 6 rings (SSSR count). The van der Waals surface area contributed by atoms with Gasteiger partial charge in [0, 0.05) is 13.0 Å². The van der Waals surface area contributed by atoms with E-state index < -0.39 is 21.2 Å². The summed E-state index contributed by atoms with van der Waals surface area (Å²) < 4.78 is 11.0. The van der Waals surface area contributed by atoms with E-state index in [4.69, 9.17) is 9.47 Å². The Balaban J connectivity index is 1.64. The standard InChI is InChI=1S/C21H23N3O4S2/c1-4-5-8-23-18(26)21-10-19(2,11-22)16(24(21)17(25)20(23,3)29-30-21)13-6-7-14-15(9-13)28-12-27-14/h6-7,9,16H,4-5,8,10,12H2,1-3H3. The van der Waals surface area contributed by atoms with Crippen molar-refractivity contribution in [3.63, 3.8) is 0 Å². The SMILES string of the molecule is CCCCN1C(=O)C23CC(C)(C#N)C(c4ccc5c(c4)OCO5)N2C(=O)C1(C)SS3. The second-order valence-electron chi connectivity index (χ2n) is 8.64. The summed E-state index contributed by atoms with van der Waals surface area (Å²) in [5.74, 6) is 1.11. The van der Waals surface area contributed by atoms with Crippen LogP contribution in [0, 0.1) is 16.7 Å². The molecule has 7 nitrogen and oxygen atoms in total. The number of fused-ring (bicyclic) bond motifs is 3. The molecule has 0 radical (unpaired) electrons. The summed E-state index contributed by atoms with van der Waals surface area (Å²) in [4.78, 5) is 29.0. The number of nitriles is 1. The van der Waals surface area contributed by atoms with Crippen molar-refractivity contribution in [2.45, 2.75) is 55.8 Å². The molecule has 30 heavy (non-hydrogen) atoms. The number of amides is 2. The molecule has 4 saturated heterocycles. The van der Waals surface area contributed by atoms with Crippen LogP contribution in [0.2, 0.25) is 0 Å². The zero-order valence-corrected chi connectivity index (χ0v) is 18.8. The van der Waals surface area contributed by atoms with Crippen molar-refractivity contribution >= 4 is 33.4 Å². The van der Waals surface area contributed by atoms with Crippen molar-refractivity contribution in [1.82, 2.24) is 9.80 Å². The summed E-state index contributed by atoms with van der Waals surface area (Å²) in [6.07, 6.45) is 2.09. The number of piperazine rings is 1. The zero-order chi connectivity index (χ0) is 21.3. The van der Waals surface area contributed by atoms with E-state index in [-0.39, 0.29) is 18.6 Å². The number of carbonyl (C=O) groups excluding carboxylic acids is 2. The van der Waals surface area contributed by atoms with Crippen molar-refractivity contribution in [2.24, 2.45) is 5.41 Å². The Bertz CT molecular complexity index is 997. The molecule has 2 amide bonds. The summed E-state index contributed by atoms with van der Waals surface area (Å²) >= 11 is 0. The lowest BCUT2D eigenvalue weighted by Crippen LogP contribution is -2.74. The summed E-state index contributed by atoms with van der Waals surface area (Å²) in [6, 6.07) is 7.44. The van der Waals surface area contributed by atoms with Crippen LogP contribution in [0.15, 0.2) is 18.2 Å². The van der Waals surface area contributed by atoms with Crippen molar-refractivity contribution in [1.29, 1.82) is 5.26 Å². The molecule has 4 unspecified atom stereocenters. The van der Waals surface area contributed by atoms with Crippen LogP contribution in [-0.4, -0.2) is 44.7 Å². The van der Waals surface area contributed by atoms with Crippen LogP contribution in [0.1, 0.15) is 51.6 Å². The number of hydrogen-bond donors (Lipinski definition) is 0. The fourth-order valence-corrected chi connectivity index (χ4v) is 8.60. The van der Waals surface area contributed by atoms with E-state index in [1.807, 2.05) is 32.0 Å². The maximum Gasteiger partial charge on any atom is 0.261 e. The van der Waals surface area contributed by atoms with Gasteiger partial charge in [0.2, 0.25) is 6.79 Å². The average molecular weight is 446 g/mol. The molecule has 0 saturated carbocycles. The molecule has 9 heteroatoms. The Kier molecular flexibility index (Phi) is 4.29. The van der Waals surface area contributed by atoms with Gasteiger partial charge in [-0.25, -0.2) is 0 Å². The number of ether oxygens (including phenoxy) is 2. The van der Waals surface area contributed by atoms with Crippen LogP contribution in [0.4, 0.5) is 0 Å². The Labute approximate surface area is 183 Å². The van der Waals surface area contributed by atoms with Crippen molar-refractivity contribution < 1.29 is 19.1 Å². The fraction of sp³-hybridized carbons (Fsp3) is 0.571. The Hall–Kier alpha value is -2.05. The summed E-state index contributed by atoms with van der Waals surface area (Å²) in [5.41, 5.74) is -0.110. The van der Waals surface area contributed by atoms with Gasteiger partial charge in [0.1, 0.15) is 0 Å². The van der Waals surface area contributed by atoms with Crippen molar-refractivity contribution in [2.75, 3.05) is 13.3 Å². The van der Waals surface area contributed by atoms with Crippen molar-refractivity contribution in [3.05, 3.63) is 23.8 Å². The van der Waals surface area contributed by atoms with Gasteiger partial charge in [-0.2, -0.15) is 5.26 Å². The predicted molar refractivity (Wildman–Crippen MR) is 113 cm³/mol. The number of nitrogens with zero attached hydrogens (tertiary/aromatic N) is 3.